The largest absolute Gasteiger partial charge is 0.477 e. The zero-order valence-corrected chi connectivity index (χ0v) is 22.6. The lowest BCUT2D eigenvalue weighted by Crippen LogP contribution is -2.56. The number of ether oxygens (including phenoxy) is 2. The predicted molar refractivity (Wildman–Crippen MR) is 140 cm³/mol. The van der Waals surface area contributed by atoms with Crippen LogP contribution in [0.5, 0.6) is 5.88 Å². The van der Waals surface area contributed by atoms with Gasteiger partial charge in [0, 0.05) is 44.3 Å². The van der Waals surface area contributed by atoms with Crippen molar-refractivity contribution in [3.8, 4) is 5.88 Å². The molecular weight excluding hydrogens is 493 g/mol. The molecule has 0 aromatic carbocycles. The van der Waals surface area contributed by atoms with Gasteiger partial charge >= 0.3 is 6.09 Å². The molecule has 0 bridgehead atoms. The Morgan fingerprint density at radius 3 is 2.63 bits per heavy atom. The number of hydrogen-bond acceptors (Lipinski definition) is 8. The molecule has 1 aliphatic rings. The molecule has 4 rings (SSSR count). The van der Waals surface area contributed by atoms with Crippen molar-refractivity contribution in [2.75, 3.05) is 36.5 Å². The van der Waals surface area contributed by atoms with Crippen LogP contribution in [0.25, 0.3) is 5.65 Å². The van der Waals surface area contributed by atoms with Gasteiger partial charge in [-0.25, -0.2) is 19.2 Å². The molecule has 11 nitrogen and oxygen atoms in total. The van der Waals surface area contributed by atoms with Gasteiger partial charge in [-0.3, -0.25) is 4.79 Å². The zero-order valence-electron chi connectivity index (χ0n) is 22.6. The molecule has 1 aliphatic heterocycles. The number of carbonyl (C=O) groups excluding carboxylic acids is 2. The third-order valence-electron chi connectivity index (χ3n) is 6.02. The average Bonchev–Trinajstić information content (AvgIpc) is 3.23. The summed E-state index contributed by atoms with van der Waals surface area (Å²) in [6, 6.07) is 1.13. The highest BCUT2D eigenvalue weighted by atomic mass is 19.1. The lowest BCUT2D eigenvalue weighted by atomic mass is 10.1. The summed E-state index contributed by atoms with van der Waals surface area (Å²) in [6.07, 6.45) is 5.05. The maximum Gasteiger partial charge on any atom is 0.410 e. The fourth-order valence-electron chi connectivity index (χ4n) is 4.31. The first-order valence-electron chi connectivity index (χ1n) is 12.7. The minimum Gasteiger partial charge on any atom is -0.477 e. The molecule has 38 heavy (non-hydrogen) atoms. The van der Waals surface area contributed by atoms with Gasteiger partial charge in [-0.1, -0.05) is 6.92 Å². The van der Waals surface area contributed by atoms with Crippen LogP contribution < -0.4 is 15.0 Å². The molecule has 1 saturated heterocycles. The summed E-state index contributed by atoms with van der Waals surface area (Å²) in [5.74, 6) is -0.563. The molecule has 0 spiro atoms. The van der Waals surface area contributed by atoms with E-state index in [1.54, 1.807) is 31.1 Å². The van der Waals surface area contributed by atoms with Gasteiger partial charge in [0.1, 0.15) is 11.2 Å². The van der Waals surface area contributed by atoms with Crippen LogP contribution in [-0.4, -0.2) is 74.1 Å². The summed E-state index contributed by atoms with van der Waals surface area (Å²) in [7, 11) is 0. The van der Waals surface area contributed by atoms with Gasteiger partial charge in [0.25, 0.3) is 5.91 Å². The molecule has 3 aromatic rings. The summed E-state index contributed by atoms with van der Waals surface area (Å²) in [5, 5.41) is 2.69. The number of pyridine rings is 1. The van der Waals surface area contributed by atoms with Crippen molar-refractivity contribution in [1.29, 1.82) is 0 Å². The Morgan fingerprint density at radius 2 is 1.95 bits per heavy atom. The number of imidazole rings is 1. The highest BCUT2D eigenvalue weighted by molar-refractivity contribution is 6.05. The second kappa shape index (κ2) is 10.8. The molecule has 1 atom stereocenters. The van der Waals surface area contributed by atoms with Gasteiger partial charge < -0.3 is 29.0 Å². The summed E-state index contributed by atoms with van der Waals surface area (Å²) in [6.45, 7) is 12.8. The van der Waals surface area contributed by atoms with E-state index in [9.17, 15) is 14.0 Å². The van der Waals surface area contributed by atoms with Gasteiger partial charge in [0.15, 0.2) is 11.5 Å². The Balaban J connectivity index is 1.52. The van der Waals surface area contributed by atoms with Crippen molar-refractivity contribution >= 4 is 29.3 Å². The van der Waals surface area contributed by atoms with Gasteiger partial charge in [0.2, 0.25) is 11.8 Å². The lowest BCUT2D eigenvalue weighted by molar-refractivity contribution is 0.0135. The van der Waals surface area contributed by atoms with Gasteiger partial charge in [0.05, 0.1) is 24.0 Å². The number of halogens is 1. The first-order valence-corrected chi connectivity index (χ1v) is 12.7. The topological polar surface area (TPSA) is 114 Å². The van der Waals surface area contributed by atoms with Crippen molar-refractivity contribution in [1.82, 2.24) is 24.3 Å². The number of aryl methyl sites for hydroxylation is 1. The smallest absolute Gasteiger partial charge is 0.410 e. The van der Waals surface area contributed by atoms with Gasteiger partial charge in [-0.2, -0.15) is 4.98 Å². The highest BCUT2D eigenvalue weighted by Gasteiger charge is 2.33. The normalized spacial score (nSPS) is 16.0. The molecule has 0 saturated carbocycles. The number of fused-ring (bicyclic) bond motifs is 1. The lowest BCUT2D eigenvalue weighted by Gasteiger charge is -2.41. The summed E-state index contributed by atoms with van der Waals surface area (Å²) in [4.78, 5) is 42.6. The van der Waals surface area contributed by atoms with Crippen LogP contribution in [0.2, 0.25) is 0 Å². The second-order valence-electron chi connectivity index (χ2n) is 10.1. The molecule has 4 heterocycles. The van der Waals surface area contributed by atoms with Crippen LogP contribution in [0.4, 0.5) is 20.8 Å². The Bertz CT molecular complexity index is 1340. The first-order chi connectivity index (χ1) is 18.0. The molecule has 1 fully saturated rings. The van der Waals surface area contributed by atoms with Crippen LogP contribution >= 0.6 is 0 Å². The summed E-state index contributed by atoms with van der Waals surface area (Å²) < 4.78 is 27.2. The predicted octanol–water partition coefficient (Wildman–Crippen LogP) is 4.06. The number of aromatic nitrogens is 4. The van der Waals surface area contributed by atoms with E-state index in [4.69, 9.17) is 9.47 Å². The number of nitrogens with one attached hydrogen (secondary N) is 1. The van der Waals surface area contributed by atoms with Crippen molar-refractivity contribution in [3.05, 3.63) is 41.7 Å². The van der Waals surface area contributed by atoms with E-state index in [0.29, 0.717) is 31.3 Å². The van der Waals surface area contributed by atoms with Gasteiger partial charge in [-0.05, 0) is 41.0 Å². The van der Waals surface area contributed by atoms with Gasteiger partial charge in [-0.15, -0.1) is 0 Å². The number of piperazine rings is 1. The van der Waals surface area contributed by atoms with Crippen LogP contribution in [-0.2, 0) is 4.74 Å². The third-order valence-corrected chi connectivity index (χ3v) is 6.02. The molecule has 0 aliphatic carbocycles. The third kappa shape index (κ3) is 5.95. The van der Waals surface area contributed by atoms with Crippen LogP contribution in [0.15, 0.2) is 24.7 Å². The second-order valence-corrected chi connectivity index (χ2v) is 10.1. The van der Waals surface area contributed by atoms with Crippen LogP contribution in [0.1, 0.15) is 57.1 Å². The van der Waals surface area contributed by atoms with Crippen molar-refractivity contribution in [2.24, 2.45) is 0 Å². The number of amides is 2. The maximum atomic E-state index is 14.5. The van der Waals surface area contributed by atoms with E-state index < -0.39 is 17.3 Å². The molecule has 3 aromatic heterocycles. The van der Waals surface area contributed by atoms with E-state index in [-0.39, 0.29) is 41.5 Å². The molecule has 12 heteroatoms. The Kier molecular flexibility index (Phi) is 7.70. The fraction of sp³-hybridized carbons (Fsp3) is 0.500. The minimum atomic E-state index is -0.576. The van der Waals surface area contributed by atoms with E-state index in [1.165, 1.54) is 16.7 Å². The Labute approximate surface area is 221 Å². The molecule has 204 valence electrons. The van der Waals surface area contributed by atoms with E-state index in [0.717, 1.165) is 6.42 Å². The van der Waals surface area contributed by atoms with Crippen LogP contribution in [0, 0.1) is 12.7 Å². The SMILES string of the molecule is CCOc1nc(N2CCN(C(=O)OC(C)(C)C)C(CC)C2)ncc1C(=O)Nc1cc(F)c2nc(C)cn2c1. The molecule has 0 radical (unpaired) electrons. The number of rotatable bonds is 6. The van der Waals surface area contributed by atoms with Crippen molar-refractivity contribution in [2.45, 2.75) is 59.6 Å². The maximum absolute atomic E-state index is 14.5. The number of hydrogen-bond donors (Lipinski definition) is 1. The number of nitrogens with zero attached hydrogens (tertiary/aromatic N) is 6. The minimum absolute atomic E-state index is 0.0858. The average molecular weight is 528 g/mol. The van der Waals surface area contributed by atoms with Crippen molar-refractivity contribution in [3.63, 3.8) is 0 Å². The Hall–Kier alpha value is -3.96. The first kappa shape index (κ1) is 27.1. The van der Waals surface area contributed by atoms with E-state index in [2.05, 4.69) is 20.3 Å². The standard InChI is InChI=1S/C26H34FN7O4/c1-7-18-15-32(9-10-34(18)25(36)38-26(4,5)6)24-28-12-19(23(31-24)37-8-2)22(35)30-17-11-20(27)21-29-16(3)13-33(21)14-17/h11-14,18H,7-10,15H2,1-6H3,(H,30,35). The molecule has 1 unspecified atom stereocenters. The Morgan fingerprint density at radius 1 is 1.18 bits per heavy atom. The summed E-state index contributed by atoms with van der Waals surface area (Å²) >= 11 is 0. The highest BCUT2D eigenvalue weighted by Crippen LogP contribution is 2.25. The number of anilines is 2. The molecular formula is C26H34FN7O4. The zero-order chi connectivity index (χ0) is 27.6. The van der Waals surface area contributed by atoms with E-state index >= 15 is 0 Å². The fourth-order valence-corrected chi connectivity index (χ4v) is 4.31. The monoisotopic (exact) mass is 527 g/mol. The quantitative estimate of drug-likeness (QED) is 0.511. The van der Waals surface area contributed by atoms with Crippen molar-refractivity contribution < 1.29 is 23.5 Å². The molecule has 2 amide bonds. The van der Waals surface area contributed by atoms with Crippen LogP contribution in [0.3, 0.4) is 0 Å². The van der Waals surface area contributed by atoms with E-state index in [1.807, 2.05) is 32.6 Å². The number of carbonyl (C=O) groups is 2. The molecule has 1 N–H and O–H groups in total. The summed E-state index contributed by atoms with van der Waals surface area (Å²) in [5.41, 5.74) is 0.645.